The van der Waals surface area contributed by atoms with E-state index >= 15 is 0 Å². The van der Waals surface area contributed by atoms with Gasteiger partial charge in [0.25, 0.3) is 0 Å². The average Bonchev–Trinajstić information content (AvgIpc) is 3.67. The van der Waals surface area contributed by atoms with Gasteiger partial charge in [0.05, 0.1) is 28.1 Å². The number of fused-ring (bicyclic) bond motifs is 5. The Morgan fingerprint density at radius 3 is 2.33 bits per heavy atom. The minimum absolute atomic E-state index is 0.00958. The summed E-state index contributed by atoms with van der Waals surface area (Å²) < 4.78 is 8.92. The summed E-state index contributed by atoms with van der Waals surface area (Å²) in [6.45, 7) is 12.1. The number of hydrogen-bond donors (Lipinski definition) is 0. The van der Waals surface area contributed by atoms with Gasteiger partial charge in [0, 0.05) is 40.5 Å². The zero-order valence-electron chi connectivity index (χ0n) is 29.7. The summed E-state index contributed by atoms with van der Waals surface area (Å²) >= 11 is 0. The van der Waals surface area contributed by atoms with Gasteiger partial charge in [-0.1, -0.05) is 75.2 Å². The van der Waals surface area contributed by atoms with E-state index in [0.717, 1.165) is 34.0 Å². The molecule has 6 nitrogen and oxygen atoms in total. The second-order valence-corrected chi connectivity index (χ2v) is 14.7. The van der Waals surface area contributed by atoms with E-state index in [0.29, 0.717) is 6.67 Å². The van der Waals surface area contributed by atoms with Gasteiger partial charge in [-0.05, 0) is 97.3 Å². The third-order valence-corrected chi connectivity index (χ3v) is 10.4. The molecule has 0 fully saturated rings. The Morgan fingerprint density at radius 2 is 1.49 bits per heavy atom. The summed E-state index contributed by atoms with van der Waals surface area (Å²) in [4.78, 5) is 12.0. The molecule has 5 heterocycles. The summed E-state index contributed by atoms with van der Waals surface area (Å²) in [6.07, 6.45) is 8.34. The van der Waals surface area contributed by atoms with Gasteiger partial charge in [0.2, 0.25) is 0 Å². The van der Waals surface area contributed by atoms with Gasteiger partial charge in [0.15, 0.2) is 0 Å². The number of allylic oxidation sites excluding steroid dienone is 4. The van der Waals surface area contributed by atoms with Crippen LogP contribution in [0.4, 0.5) is 17.1 Å². The highest BCUT2D eigenvalue weighted by Gasteiger charge is 2.35. The largest absolute Gasteiger partial charge is 0.457 e. The van der Waals surface area contributed by atoms with E-state index in [1.54, 1.807) is 0 Å². The molecule has 3 aliphatic heterocycles. The summed E-state index contributed by atoms with van der Waals surface area (Å²) in [7, 11) is 0. The fourth-order valence-electron chi connectivity index (χ4n) is 7.88. The van der Waals surface area contributed by atoms with Crippen molar-refractivity contribution < 1.29 is 4.74 Å². The number of nitrogens with zero attached hydrogens (tertiary/aromatic N) is 5. The van der Waals surface area contributed by atoms with Crippen LogP contribution in [0.15, 0.2) is 157 Å². The Balaban J connectivity index is 1.07. The van der Waals surface area contributed by atoms with Crippen molar-refractivity contribution in [2.45, 2.75) is 40.0 Å². The summed E-state index contributed by atoms with van der Waals surface area (Å²) in [5.74, 6) is 7.08. The fourth-order valence-corrected chi connectivity index (χ4v) is 7.88. The lowest BCUT2D eigenvalue weighted by Crippen LogP contribution is -2.40. The minimum Gasteiger partial charge on any atom is -0.457 e. The van der Waals surface area contributed by atoms with Crippen LogP contribution in [0, 0.1) is 0 Å². The quantitative estimate of drug-likeness (QED) is 0.171. The fraction of sp³-hybridized carbons (Fsp3) is 0.159. The third kappa shape index (κ3) is 5.23. The number of para-hydroxylation sites is 3. The van der Waals surface area contributed by atoms with Gasteiger partial charge in [-0.25, -0.2) is 4.98 Å². The SMILES string of the molecule is CC1=CB2C=CC=CN2C(C)=C1N1CN(c2cccc(Oc3ccc4c5ccccc5n(-c5cc(C(C)(C)C)ccn5)c4c3)c2)c2ccccc21. The number of hydrogen-bond acceptors (Lipinski definition) is 5. The molecule has 0 radical (unpaired) electrons. The van der Waals surface area contributed by atoms with E-state index in [2.05, 4.69) is 181 Å². The molecule has 6 aromatic rings. The van der Waals surface area contributed by atoms with Crippen molar-refractivity contribution in [3.05, 3.63) is 162 Å². The predicted octanol–water partition coefficient (Wildman–Crippen LogP) is 10.8. The Kier molecular flexibility index (Phi) is 7.21. The second-order valence-electron chi connectivity index (χ2n) is 14.7. The highest BCUT2D eigenvalue weighted by atomic mass is 16.5. The molecule has 0 amide bonds. The first kappa shape index (κ1) is 31.1. The van der Waals surface area contributed by atoms with Crippen LogP contribution in [0.5, 0.6) is 11.5 Å². The smallest absolute Gasteiger partial charge is 0.312 e. The Labute approximate surface area is 300 Å². The molecule has 0 unspecified atom stereocenters. The lowest BCUT2D eigenvalue weighted by molar-refractivity contribution is 0.483. The van der Waals surface area contributed by atoms with Crippen LogP contribution in [0.3, 0.4) is 0 Å². The number of ether oxygens (including phenoxy) is 1. The number of anilines is 3. The van der Waals surface area contributed by atoms with E-state index < -0.39 is 0 Å². The number of rotatable bonds is 5. The molecule has 0 spiro atoms. The molecule has 2 aromatic heterocycles. The van der Waals surface area contributed by atoms with E-state index in [-0.39, 0.29) is 12.3 Å². The zero-order chi connectivity index (χ0) is 34.9. The molecule has 0 aliphatic carbocycles. The lowest BCUT2D eigenvalue weighted by atomic mass is 9.56. The van der Waals surface area contributed by atoms with Crippen LogP contribution < -0.4 is 14.5 Å². The van der Waals surface area contributed by atoms with Gasteiger partial charge in [-0.2, -0.15) is 0 Å². The Morgan fingerprint density at radius 1 is 0.725 bits per heavy atom. The van der Waals surface area contributed by atoms with Crippen molar-refractivity contribution in [1.82, 2.24) is 14.4 Å². The molecule has 3 aliphatic rings. The van der Waals surface area contributed by atoms with E-state index in [9.17, 15) is 0 Å². The maximum atomic E-state index is 6.66. The first-order chi connectivity index (χ1) is 24.7. The monoisotopic (exact) mass is 665 g/mol. The standard InChI is InChI=1S/C44H40BN5O/c1-30-28-45-22-10-11-24-49(45)31(2)43(30)48-29-47(39-17-8-9-18-40(39)48)33-13-12-14-34(26-33)51-35-19-20-37-36-15-6-7-16-38(36)50(41(37)27-35)42-25-32(21-23-46-42)44(3,4)5/h6-28H,29H2,1-5H3. The summed E-state index contributed by atoms with van der Waals surface area (Å²) in [5.41, 5.74) is 10.7. The molecule has 4 aromatic carbocycles. The van der Waals surface area contributed by atoms with Crippen LogP contribution in [0.25, 0.3) is 27.6 Å². The molecule has 0 N–H and O–H groups in total. The van der Waals surface area contributed by atoms with E-state index in [1.807, 2.05) is 12.3 Å². The van der Waals surface area contributed by atoms with Crippen molar-refractivity contribution in [3.8, 4) is 17.3 Å². The predicted molar refractivity (Wildman–Crippen MR) is 212 cm³/mol. The molecule has 250 valence electrons. The molecule has 0 bridgehead atoms. The maximum absolute atomic E-state index is 6.66. The van der Waals surface area contributed by atoms with E-state index in [4.69, 9.17) is 9.72 Å². The van der Waals surface area contributed by atoms with Crippen LogP contribution in [0.2, 0.25) is 0 Å². The number of pyridine rings is 1. The van der Waals surface area contributed by atoms with Crippen LogP contribution in [0.1, 0.15) is 40.2 Å². The zero-order valence-corrected chi connectivity index (χ0v) is 29.7. The molecular formula is C44H40BN5O. The normalized spacial score (nSPS) is 15.6. The van der Waals surface area contributed by atoms with Crippen molar-refractivity contribution >= 4 is 45.7 Å². The van der Waals surface area contributed by atoms with Crippen LogP contribution in [-0.2, 0) is 5.41 Å². The second kappa shape index (κ2) is 11.8. The van der Waals surface area contributed by atoms with Gasteiger partial charge in [0.1, 0.15) is 24.0 Å². The topological polar surface area (TPSA) is 36.8 Å². The van der Waals surface area contributed by atoms with Crippen molar-refractivity contribution in [2.24, 2.45) is 0 Å². The molecule has 0 atom stereocenters. The van der Waals surface area contributed by atoms with Crippen LogP contribution >= 0.6 is 0 Å². The first-order valence-electron chi connectivity index (χ1n) is 17.7. The maximum Gasteiger partial charge on any atom is 0.312 e. The highest BCUT2D eigenvalue weighted by molar-refractivity contribution is 6.68. The summed E-state index contributed by atoms with van der Waals surface area (Å²) in [5, 5.41) is 2.36. The Bertz CT molecular complexity index is 2480. The first-order valence-corrected chi connectivity index (χ1v) is 17.7. The van der Waals surface area contributed by atoms with E-state index in [1.165, 1.54) is 44.7 Å². The summed E-state index contributed by atoms with van der Waals surface area (Å²) in [6, 6.07) is 36.4. The number of benzene rings is 4. The highest BCUT2D eigenvalue weighted by Crippen LogP contribution is 2.46. The van der Waals surface area contributed by atoms with Gasteiger partial charge in [-0.3, -0.25) is 4.57 Å². The molecule has 0 saturated heterocycles. The average molecular weight is 666 g/mol. The van der Waals surface area contributed by atoms with Gasteiger partial charge >= 0.3 is 6.85 Å². The molecule has 7 heteroatoms. The minimum atomic E-state index is 0.00958. The molecule has 9 rings (SSSR count). The van der Waals surface area contributed by atoms with Crippen molar-refractivity contribution in [1.29, 1.82) is 0 Å². The molecule has 51 heavy (non-hydrogen) atoms. The molecular weight excluding hydrogens is 625 g/mol. The molecule has 0 saturated carbocycles. The number of aromatic nitrogens is 2. The third-order valence-electron chi connectivity index (χ3n) is 10.4. The van der Waals surface area contributed by atoms with Gasteiger partial charge < -0.3 is 19.3 Å². The van der Waals surface area contributed by atoms with Crippen molar-refractivity contribution in [2.75, 3.05) is 16.5 Å². The van der Waals surface area contributed by atoms with Crippen LogP contribution in [-0.4, -0.2) is 27.9 Å². The Hall–Kier alpha value is -5.95. The van der Waals surface area contributed by atoms with Crippen molar-refractivity contribution in [3.63, 3.8) is 0 Å². The van der Waals surface area contributed by atoms with Gasteiger partial charge in [-0.15, -0.1) is 0 Å². The lowest BCUT2D eigenvalue weighted by Gasteiger charge is -2.37.